The van der Waals surface area contributed by atoms with E-state index in [-0.39, 0.29) is 0 Å². The van der Waals surface area contributed by atoms with E-state index in [0.717, 1.165) is 12.4 Å². The largest absolute Gasteiger partial charge is 0.320 e. The Balaban J connectivity index is 1.67. The first kappa shape index (κ1) is 11.2. The molecule has 0 aromatic carbocycles. The lowest BCUT2D eigenvalue weighted by Crippen LogP contribution is -2.43. The molecule has 2 aliphatic heterocycles. The molecule has 0 bridgehead atoms. The Hall–Kier alpha value is -0.940. The lowest BCUT2D eigenvalue weighted by molar-refractivity contribution is 0.200. The second kappa shape index (κ2) is 4.74. The molecule has 2 aliphatic rings. The molecule has 2 unspecified atom stereocenters. The Morgan fingerprint density at radius 3 is 3.06 bits per heavy atom. The molecule has 0 saturated carbocycles. The summed E-state index contributed by atoms with van der Waals surface area (Å²) < 4.78 is 2.03. The van der Waals surface area contributed by atoms with Crippen molar-refractivity contribution >= 4 is 0 Å². The number of hydrogen-bond donors (Lipinski definition) is 1. The SMILES string of the molecule is Cn1cnnc1CN1CCCC1C1CCCN1. The molecule has 2 atom stereocenters. The van der Waals surface area contributed by atoms with Crippen LogP contribution < -0.4 is 5.32 Å². The maximum atomic E-state index is 4.19. The summed E-state index contributed by atoms with van der Waals surface area (Å²) in [6.45, 7) is 3.34. The van der Waals surface area contributed by atoms with Crippen molar-refractivity contribution < 1.29 is 0 Å². The van der Waals surface area contributed by atoms with Crippen LogP contribution in [0.25, 0.3) is 0 Å². The van der Waals surface area contributed by atoms with Gasteiger partial charge in [-0.2, -0.15) is 0 Å². The normalized spacial score (nSPS) is 30.2. The smallest absolute Gasteiger partial charge is 0.146 e. The minimum atomic E-state index is 0.700. The van der Waals surface area contributed by atoms with Gasteiger partial charge in [-0.15, -0.1) is 10.2 Å². The maximum Gasteiger partial charge on any atom is 0.146 e. The molecule has 17 heavy (non-hydrogen) atoms. The number of aromatic nitrogens is 3. The number of nitrogens with one attached hydrogen (secondary N) is 1. The van der Waals surface area contributed by atoms with E-state index in [2.05, 4.69) is 20.4 Å². The third-order valence-corrected chi connectivity index (χ3v) is 4.13. The van der Waals surface area contributed by atoms with Gasteiger partial charge >= 0.3 is 0 Å². The zero-order chi connectivity index (χ0) is 11.7. The molecule has 2 saturated heterocycles. The van der Waals surface area contributed by atoms with Crippen LogP contribution in [0.1, 0.15) is 31.5 Å². The van der Waals surface area contributed by atoms with Crippen LogP contribution in [-0.4, -0.2) is 44.8 Å². The van der Waals surface area contributed by atoms with Crippen LogP contribution in [0.15, 0.2) is 6.33 Å². The Morgan fingerprint density at radius 1 is 1.41 bits per heavy atom. The third-order valence-electron chi connectivity index (χ3n) is 4.13. The van der Waals surface area contributed by atoms with E-state index in [1.807, 2.05) is 11.6 Å². The summed E-state index contributed by atoms with van der Waals surface area (Å²) in [4.78, 5) is 2.58. The third kappa shape index (κ3) is 2.21. The van der Waals surface area contributed by atoms with Gasteiger partial charge in [-0.05, 0) is 38.8 Å². The van der Waals surface area contributed by atoms with Crippen LogP contribution in [0.2, 0.25) is 0 Å². The molecule has 3 rings (SSSR count). The number of nitrogens with zero attached hydrogens (tertiary/aromatic N) is 4. The van der Waals surface area contributed by atoms with Crippen LogP contribution in [0.3, 0.4) is 0 Å². The van der Waals surface area contributed by atoms with Gasteiger partial charge in [0.15, 0.2) is 0 Å². The van der Waals surface area contributed by atoms with E-state index in [0.29, 0.717) is 12.1 Å². The van der Waals surface area contributed by atoms with E-state index >= 15 is 0 Å². The average molecular weight is 235 g/mol. The minimum absolute atomic E-state index is 0.700. The van der Waals surface area contributed by atoms with Crippen LogP contribution in [0, 0.1) is 0 Å². The van der Waals surface area contributed by atoms with Crippen molar-refractivity contribution in [1.29, 1.82) is 0 Å². The van der Waals surface area contributed by atoms with Gasteiger partial charge in [-0.1, -0.05) is 0 Å². The van der Waals surface area contributed by atoms with Crippen molar-refractivity contribution in [3.8, 4) is 0 Å². The monoisotopic (exact) mass is 235 g/mol. The molecule has 1 aromatic heterocycles. The van der Waals surface area contributed by atoms with Crippen molar-refractivity contribution in [1.82, 2.24) is 25.0 Å². The first-order valence-electron chi connectivity index (χ1n) is 6.65. The van der Waals surface area contributed by atoms with E-state index < -0.39 is 0 Å². The van der Waals surface area contributed by atoms with E-state index in [1.165, 1.54) is 38.8 Å². The van der Waals surface area contributed by atoms with E-state index in [9.17, 15) is 0 Å². The van der Waals surface area contributed by atoms with Gasteiger partial charge in [0.25, 0.3) is 0 Å². The standard InChI is InChI=1S/C12H21N5/c1-16-9-14-15-12(16)8-17-7-3-5-11(17)10-4-2-6-13-10/h9-11,13H,2-8H2,1H3. The lowest BCUT2D eigenvalue weighted by Gasteiger charge is -2.28. The predicted octanol–water partition coefficient (Wildman–Crippen LogP) is 0.531. The highest BCUT2D eigenvalue weighted by atomic mass is 15.3. The van der Waals surface area contributed by atoms with Crippen molar-refractivity contribution in [3.05, 3.63) is 12.2 Å². The fourth-order valence-corrected chi connectivity index (χ4v) is 3.18. The minimum Gasteiger partial charge on any atom is -0.320 e. The molecule has 2 fully saturated rings. The molecular weight excluding hydrogens is 214 g/mol. The molecule has 0 aliphatic carbocycles. The summed E-state index contributed by atoms with van der Waals surface area (Å²) in [5, 5.41) is 11.8. The summed E-state index contributed by atoms with van der Waals surface area (Å²) in [5.74, 6) is 1.08. The molecule has 1 aromatic rings. The average Bonchev–Trinajstić information content (AvgIpc) is 3.02. The van der Waals surface area contributed by atoms with Crippen LogP contribution in [0.4, 0.5) is 0 Å². The number of rotatable bonds is 3. The van der Waals surface area contributed by atoms with Gasteiger partial charge in [0.1, 0.15) is 12.2 Å². The van der Waals surface area contributed by atoms with Gasteiger partial charge in [-0.3, -0.25) is 4.90 Å². The highest BCUT2D eigenvalue weighted by Crippen LogP contribution is 2.25. The van der Waals surface area contributed by atoms with Crippen molar-refractivity contribution in [3.63, 3.8) is 0 Å². The molecule has 3 heterocycles. The first-order valence-corrected chi connectivity index (χ1v) is 6.65. The van der Waals surface area contributed by atoms with Crippen molar-refractivity contribution in [2.45, 2.75) is 44.3 Å². The Morgan fingerprint density at radius 2 is 2.35 bits per heavy atom. The fraction of sp³-hybridized carbons (Fsp3) is 0.833. The Labute approximate surface area is 102 Å². The zero-order valence-electron chi connectivity index (χ0n) is 10.5. The predicted molar refractivity (Wildman–Crippen MR) is 65.5 cm³/mol. The van der Waals surface area contributed by atoms with Crippen molar-refractivity contribution in [2.75, 3.05) is 13.1 Å². The van der Waals surface area contributed by atoms with Crippen LogP contribution in [-0.2, 0) is 13.6 Å². The zero-order valence-corrected chi connectivity index (χ0v) is 10.5. The molecule has 1 N–H and O–H groups in total. The van der Waals surface area contributed by atoms with Gasteiger partial charge in [0.05, 0.1) is 6.54 Å². The first-order chi connectivity index (χ1) is 8.34. The van der Waals surface area contributed by atoms with Gasteiger partial charge in [0, 0.05) is 19.1 Å². The summed E-state index contributed by atoms with van der Waals surface area (Å²) in [5.41, 5.74) is 0. The second-order valence-electron chi connectivity index (χ2n) is 5.24. The molecule has 94 valence electrons. The van der Waals surface area contributed by atoms with Gasteiger partial charge in [0.2, 0.25) is 0 Å². The molecule has 0 amide bonds. The van der Waals surface area contributed by atoms with Crippen LogP contribution in [0.5, 0.6) is 0 Å². The molecule has 5 nitrogen and oxygen atoms in total. The molecular formula is C12H21N5. The van der Waals surface area contributed by atoms with E-state index in [4.69, 9.17) is 0 Å². The summed E-state index contributed by atoms with van der Waals surface area (Å²) >= 11 is 0. The molecule has 0 radical (unpaired) electrons. The maximum absolute atomic E-state index is 4.19. The Kier molecular flexibility index (Phi) is 3.11. The molecule has 5 heteroatoms. The number of aryl methyl sites for hydroxylation is 1. The molecule has 0 spiro atoms. The van der Waals surface area contributed by atoms with E-state index in [1.54, 1.807) is 6.33 Å². The fourth-order valence-electron chi connectivity index (χ4n) is 3.18. The summed E-state index contributed by atoms with van der Waals surface area (Å²) in [7, 11) is 2.02. The Bertz CT molecular complexity index is 369. The number of likely N-dealkylation sites (tertiary alicyclic amines) is 1. The van der Waals surface area contributed by atoms with Crippen molar-refractivity contribution in [2.24, 2.45) is 7.05 Å². The van der Waals surface area contributed by atoms with Crippen LogP contribution >= 0.6 is 0 Å². The highest BCUT2D eigenvalue weighted by Gasteiger charge is 2.33. The highest BCUT2D eigenvalue weighted by molar-refractivity contribution is 4.95. The topological polar surface area (TPSA) is 46.0 Å². The quantitative estimate of drug-likeness (QED) is 0.830. The number of hydrogen-bond acceptors (Lipinski definition) is 4. The lowest BCUT2D eigenvalue weighted by atomic mass is 10.0. The summed E-state index contributed by atoms with van der Waals surface area (Å²) in [6, 6.07) is 1.40. The van der Waals surface area contributed by atoms with Gasteiger partial charge < -0.3 is 9.88 Å². The van der Waals surface area contributed by atoms with Gasteiger partial charge in [-0.25, -0.2) is 0 Å². The second-order valence-corrected chi connectivity index (χ2v) is 5.24. The summed E-state index contributed by atoms with van der Waals surface area (Å²) in [6.07, 6.45) is 7.10.